The van der Waals surface area contributed by atoms with Crippen LogP contribution in [-0.2, 0) is 16.0 Å². The number of methoxy groups -OCH3 is 1. The molecule has 0 N–H and O–H groups in total. The van der Waals surface area contributed by atoms with Crippen molar-refractivity contribution in [3.05, 3.63) is 29.3 Å². The first-order chi connectivity index (χ1) is 8.49. The van der Waals surface area contributed by atoms with Crippen LogP contribution in [0.1, 0.15) is 5.56 Å². The zero-order valence-electron chi connectivity index (χ0n) is 10.1. The highest BCUT2D eigenvalue weighted by Gasteiger charge is 2.12. The number of hydrogen-bond acceptors (Lipinski definition) is 3. The van der Waals surface area contributed by atoms with Crippen LogP contribution in [-0.4, -0.2) is 37.8 Å². The number of rotatable bonds is 5. The van der Waals surface area contributed by atoms with Gasteiger partial charge in [-0.1, -0.05) is 0 Å². The van der Waals surface area contributed by atoms with E-state index in [0.717, 1.165) is 17.0 Å². The number of carbonyl (C=O) groups is 2. The predicted molar refractivity (Wildman–Crippen MR) is 60.3 cm³/mol. The summed E-state index contributed by atoms with van der Waals surface area (Å²) in [7, 11) is 2.66. The van der Waals surface area contributed by atoms with Crippen molar-refractivity contribution in [2.24, 2.45) is 0 Å². The Morgan fingerprint density at radius 2 is 2.06 bits per heavy atom. The molecule has 0 unspecified atom stereocenters. The smallest absolute Gasteiger partial charge is 0.286 e. The summed E-state index contributed by atoms with van der Waals surface area (Å²) in [6, 6.07) is 1.97. The van der Waals surface area contributed by atoms with Crippen LogP contribution >= 0.6 is 0 Å². The maximum absolute atomic E-state index is 13.5. The molecule has 1 amide bonds. The van der Waals surface area contributed by atoms with Gasteiger partial charge in [0.25, 0.3) is 5.91 Å². The van der Waals surface area contributed by atoms with Gasteiger partial charge < -0.3 is 9.64 Å². The van der Waals surface area contributed by atoms with E-state index < -0.39 is 17.5 Å². The summed E-state index contributed by atoms with van der Waals surface area (Å²) in [5.41, 5.74) is 0.124. The molecule has 1 aromatic rings. The van der Waals surface area contributed by atoms with Crippen LogP contribution in [0.4, 0.5) is 8.78 Å². The second kappa shape index (κ2) is 6.09. The molecule has 0 bridgehead atoms. The lowest BCUT2D eigenvalue weighted by Crippen LogP contribution is -2.29. The molecule has 0 atom stereocenters. The number of hydrogen-bond donors (Lipinski definition) is 0. The minimum Gasteiger partial charge on any atom is -0.494 e. The first-order valence-electron chi connectivity index (χ1n) is 5.21. The molecule has 1 aromatic carbocycles. The molecule has 0 aliphatic heterocycles. The Bertz CT molecular complexity index is 463. The van der Waals surface area contributed by atoms with E-state index in [1.54, 1.807) is 0 Å². The Balaban J connectivity index is 2.77. The van der Waals surface area contributed by atoms with E-state index in [-0.39, 0.29) is 30.6 Å². The molecule has 6 heteroatoms. The highest BCUT2D eigenvalue weighted by atomic mass is 19.1. The first kappa shape index (κ1) is 14.1. The minimum atomic E-state index is -0.704. The second-order valence-corrected chi connectivity index (χ2v) is 3.71. The second-order valence-electron chi connectivity index (χ2n) is 3.71. The first-order valence-corrected chi connectivity index (χ1v) is 5.21. The predicted octanol–water partition coefficient (Wildman–Crippen LogP) is 1.17. The van der Waals surface area contributed by atoms with Gasteiger partial charge in [0, 0.05) is 19.7 Å². The Hall–Kier alpha value is -1.98. The molecule has 0 aromatic heterocycles. The minimum absolute atomic E-state index is 0.114. The lowest BCUT2D eigenvalue weighted by atomic mass is 10.1. The monoisotopic (exact) mass is 257 g/mol. The van der Waals surface area contributed by atoms with Crippen LogP contribution in [0.2, 0.25) is 0 Å². The molecule has 18 heavy (non-hydrogen) atoms. The van der Waals surface area contributed by atoms with E-state index in [2.05, 4.69) is 4.74 Å². The van der Waals surface area contributed by atoms with E-state index in [1.165, 1.54) is 14.2 Å². The number of halogens is 2. The molecule has 0 heterocycles. The van der Waals surface area contributed by atoms with Crippen molar-refractivity contribution in [2.45, 2.75) is 6.42 Å². The lowest BCUT2D eigenvalue weighted by Gasteiger charge is -2.14. The van der Waals surface area contributed by atoms with Crippen molar-refractivity contribution >= 4 is 12.2 Å². The van der Waals surface area contributed by atoms with Crippen LogP contribution in [0.25, 0.3) is 0 Å². The number of carbonyl (C=O) groups excluding carboxylic acids is 2. The van der Waals surface area contributed by atoms with Crippen LogP contribution in [0.5, 0.6) is 5.75 Å². The van der Waals surface area contributed by atoms with E-state index in [9.17, 15) is 18.4 Å². The zero-order chi connectivity index (χ0) is 13.7. The van der Waals surface area contributed by atoms with Gasteiger partial charge in [0.2, 0.25) is 6.29 Å². The van der Waals surface area contributed by atoms with Gasteiger partial charge in [0.1, 0.15) is 5.82 Å². The summed E-state index contributed by atoms with van der Waals surface area (Å²) in [4.78, 5) is 22.3. The summed E-state index contributed by atoms with van der Waals surface area (Å²) in [5.74, 6) is -2.16. The van der Waals surface area contributed by atoms with Gasteiger partial charge in [-0.3, -0.25) is 9.59 Å². The van der Waals surface area contributed by atoms with Crippen molar-refractivity contribution in [3.63, 3.8) is 0 Å². The van der Waals surface area contributed by atoms with Gasteiger partial charge in [0.15, 0.2) is 11.6 Å². The summed E-state index contributed by atoms with van der Waals surface area (Å²) in [6.45, 7) is 0.125. The Kier molecular flexibility index (Phi) is 4.76. The van der Waals surface area contributed by atoms with Crippen LogP contribution in [0.3, 0.4) is 0 Å². The number of benzene rings is 1. The Morgan fingerprint density at radius 1 is 1.39 bits per heavy atom. The van der Waals surface area contributed by atoms with Crippen molar-refractivity contribution in [3.8, 4) is 5.75 Å². The van der Waals surface area contributed by atoms with E-state index in [1.807, 2.05) is 0 Å². The zero-order valence-corrected chi connectivity index (χ0v) is 10.1. The molecule has 0 radical (unpaired) electrons. The van der Waals surface area contributed by atoms with E-state index in [4.69, 9.17) is 0 Å². The topological polar surface area (TPSA) is 46.6 Å². The molecule has 0 fully saturated rings. The molecule has 0 aliphatic rings. The van der Waals surface area contributed by atoms with Crippen LogP contribution in [0, 0.1) is 11.6 Å². The average molecular weight is 257 g/mol. The van der Waals surface area contributed by atoms with E-state index in [0.29, 0.717) is 0 Å². The van der Waals surface area contributed by atoms with Gasteiger partial charge in [-0.2, -0.15) is 0 Å². The molecular formula is C12H13F2NO3. The summed E-state index contributed by atoms with van der Waals surface area (Å²) in [6.07, 6.45) is 0.286. The summed E-state index contributed by atoms with van der Waals surface area (Å²) >= 11 is 0. The van der Waals surface area contributed by atoms with Crippen molar-refractivity contribution in [1.29, 1.82) is 0 Å². The summed E-state index contributed by atoms with van der Waals surface area (Å²) < 4.78 is 31.5. The normalized spacial score (nSPS) is 10.0. The number of aldehydes is 1. The molecule has 1 rings (SSSR count). The van der Waals surface area contributed by atoms with Crippen molar-refractivity contribution in [2.75, 3.05) is 20.7 Å². The fraction of sp³-hybridized carbons (Fsp3) is 0.333. The molecule has 98 valence electrons. The fourth-order valence-corrected chi connectivity index (χ4v) is 1.41. The van der Waals surface area contributed by atoms with Gasteiger partial charge >= 0.3 is 0 Å². The highest BCUT2D eigenvalue weighted by molar-refractivity contribution is 6.23. The fourth-order valence-electron chi connectivity index (χ4n) is 1.41. The standard InChI is InChI=1S/C12H13F2NO3/c1-15(12(17)7-16)4-3-8-5-10(14)11(18-2)6-9(8)13/h5-7H,3-4H2,1-2H3. The average Bonchev–Trinajstić information content (AvgIpc) is 2.37. The maximum atomic E-state index is 13.5. The molecule has 0 aliphatic carbocycles. The lowest BCUT2D eigenvalue weighted by molar-refractivity contribution is -0.137. The summed E-state index contributed by atoms with van der Waals surface area (Å²) in [5, 5.41) is 0. The number of likely N-dealkylation sites (N-methyl/N-ethyl adjacent to an activating group) is 1. The van der Waals surface area contributed by atoms with Crippen molar-refractivity contribution < 1.29 is 23.1 Å². The quantitative estimate of drug-likeness (QED) is 0.587. The van der Waals surface area contributed by atoms with Gasteiger partial charge in [0.05, 0.1) is 7.11 Å². The highest BCUT2D eigenvalue weighted by Crippen LogP contribution is 2.21. The molecule has 4 nitrogen and oxygen atoms in total. The third-order valence-corrected chi connectivity index (χ3v) is 2.51. The Morgan fingerprint density at radius 3 is 2.61 bits per heavy atom. The van der Waals surface area contributed by atoms with Crippen molar-refractivity contribution in [1.82, 2.24) is 4.90 Å². The third kappa shape index (κ3) is 3.26. The van der Waals surface area contributed by atoms with Gasteiger partial charge in [-0.15, -0.1) is 0 Å². The third-order valence-electron chi connectivity index (χ3n) is 2.51. The Labute approximate surface area is 103 Å². The number of ether oxygens (including phenoxy) is 1. The van der Waals surface area contributed by atoms with E-state index >= 15 is 0 Å². The molecule has 0 saturated heterocycles. The number of amides is 1. The molecule has 0 saturated carbocycles. The van der Waals surface area contributed by atoms with Gasteiger partial charge in [-0.25, -0.2) is 8.78 Å². The number of nitrogens with zero attached hydrogens (tertiary/aromatic N) is 1. The van der Waals surface area contributed by atoms with Crippen LogP contribution < -0.4 is 4.74 Å². The molecular weight excluding hydrogens is 244 g/mol. The van der Waals surface area contributed by atoms with Gasteiger partial charge in [-0.05, 0) is 18.1 Å². The molecule has 0 spiro atoms. The maximum Gasteiger partial charge on any atom is 0.286 e. The van der Waals surface area contributed by atoms with Crippen LogP contribution in [0.15, 0.2) is 12.1 Å². The SMILES string of the molecule is COc1cc(F)c(CCN(C)C(=O)C=O)cc1F. The largest absolute Gasteiger partial charge is 0.494 e.